The molecule has 0 spiro atoms. The fourth-order valence-electron chi connectivity index (χ4n) is 1.60. The molecule has 21 heavy (non-hydrogen) atoms. The second kappa shape index (κ2) is 7.88. The monoisotopic (exact) mass is 295 g/mol. The Hall–Kier alpha value is -2.57. The van der Waals surface area contributed by atoms with Gasteiger partial charge in [0.15, 0.2) is 6.04 Å². The lowest BCUT2D eigenvalue weighted by molar-refractivity contribution is -0.152. The number of rotatable bonds is 6. The zero-order valence-corrected chi connectivity index (χ0v) is 11.7. The van der Waals surface area contributed by atoms with E-state index in [1.165, 1.54) is 6.92 Å². The molecule has 0 saturated heterocycles. The van der Waals surface area contributed by atoms with Gasteiger partial charge in [-0.25, -0.2) is 9.59 Å². The summed E-state index contributed by atoms with van der Waals surface area (Å²) in [6.07, 6.45) is -1.91. The van der Waals surface area contributed by atoms with E-state index in [1.54, 1.807) is 24.3 Å². The number of alkyl carbamates (subject to hydrolysis) is 1. The van der Waals surface area contributed by atoms with Gasteiger partial charge in [0.2, 0.25) is 0 Å². The minimum atomic E-state index is -1.38. The summed E-state index contributed by atoms with van der Waals surface area (Å²) in [4.78, 5) is 33.5. The molecular formula is C14H17NO6. The summed E-state index contributed by atoms with van der Waals surface area (Å²) >= 11 is 0. The third-order valence-electron chi connectivity index (χ3n) is 2.57. The molecule has 2 atom stereocenters. The van der Waals surface area contributed by atoms with Crippen LogP contribution in [0.1, 0.15) is 19.4 Å². The van der Waals surface area contributed by atoms with Crippen molar-refractivity contribution in [3.05, 3.63) is 35.9 Å². The van der Waals surface area contributed by atoms with Crippen LogP contribution in [0.25, 0.3) is 0 Å². The number of carbonyl (C=O) groups excluding carboxylic acids is 2. The minimum absolute atomic E-state index is 0.0148. The molecule has 1 unspecified atom stereocenters. The molecule has 1 aromatic rings. The van der Waals surface area contributed by atoms with Crippen molar-refractivity contribution in [2.45, 2.75) is 32.6 Å². The SMILES string of the molecule is CC(=O)OC(C)[C@H](NC(=O)OCc1ccccc1)C(=O)O. The largest absolute Gasteiger partial charge is 0.480 e. The molecule has 0 aliphatic heterocycles. The molecule has 0 heterocycles. The molecule has 0 bridgehead atoms. The van der Waals surface area contributed by atoms with E-state index in [0.29, 0.717) is 0 Å². The number of aliphatic carboxylic acids is 1. The summed E-state index contributed by atoms with van der Waals surface area (Å²) in [6.45, 7) is 2.54. The molecule has 1 aromatic carbocycles. The number of amides is 1. The standard InChI is InChI=1S/C14H17NO6/c1-9(21-10(2)16)12(13(17)18)15-14(19)20-8-11-6-4-3-5-7-11/h3-7,9,12H,8H2,1-2H3,(H,15,19)(H,17,18)/t9?,12-/m0/s1. The van der Waals surface area contributed by atoms with Crippen LogP contribution >= 0.6 is 0 Å². The molecule has 7 nitrogen and oxygen atoms in total. The lowest BCUT2D eigenvalue weighted by Crippen LogP contribution is -2.49. The summed E-state index contributed by atoms with van der Waals surface area (Å²) in [5.41, 5.74) is 0.771. The van der Waals surface area contributed by atoms with Crippen molar-refractivity contribution < 1.29 is 29.0 Å². The maximum atomic E-state index is 11.6. The fourth-order valence-corrected chi connectivity index (χ4v) is 1.60. The van der Waals surface area contributed by atoms with Crippen LogP contribution < -0.4 is 5.32 Å². The van der Waals surface area contributed by atoms with E-state index < -0.39 is 30.2 Å². The maximum Gasteiger partial charge on any atom is 0.408 e. The van der Waals surface area contributed by atoms with Gasteiger partial charge in [0.1, 0.15) is 12.7 Å². The molecular weight excluding hydrogens is 278 g/mol. The summed E-state index contributed by atoms with van der Waals surface area (Å²) in [5, 5.41) is 11.2. The number of hydrogen-bond acceptors (Lipinski definition) is 5. The minimum Gasteiger partial charge on any atom is -0.480 e. The van der Waals surface area contributed by atoms with E-state index in [4.69, 9.17) is 14.6 Å². The Morgan fingerprint density at radius 3 is 2.38 bits per heavy atom. The van der Waals surface area contributed by atoms with Crippen LogP contribution in [0.4, 0.5) is 4.79 Å². The second-order valence-corrected chi connectivity index (χ2v) is 4.34. The van der Waals surface area contributed by atoms with Gasteiger partial charge in [0.05, 0.1) is 0 Å². The molecule has 1 amide bonds. The van der Waals surface area contributed by atoms with Gasteiger partial charge in [-0.3, -0.25) is 4.79 Å². The number of carbonyl (C=O) groups is 3. The number of esters is 1. The van der Waals surface area contributed by atoms with Gasteiger partial charge in [0, 0.05) is 6.92 Å². The first-order valence-corrected chi connectivity index (χ1v) is 6.27. The van der Waals surface area contributed by atoms with Gasteiger partial charge in [-0.1, -0.05) is 30.3 Å². The van der Waals surface area contributed by atoms with Crippen LogP contribution in [0.15, 0.2) is 30.3 Å². The molecule has 0 aliphatic carbocycles. The fraction of sp³-hybridized carbons (Fsp3) is 0.357. The Kier molecular flexibility index (Phi) is 6.19. The Labute approximate surface area is 121 Å². The Morgan fingerprint density at radius 2 is 1.86 bits per heavy atom. The average Bonchev–Trinajstić information content (AvgIpc) is 2.42. The number of carboxylic acid groups (broad SMARTS) is 1. The summed E-state index contributed by atoms with van der Waals surface area (Å²) in [6, 6.07) is 7.56. The van der Waals surface area contributed by atoms with Gasteiger partial charge < -0.3 is 19.9 Å². The van der Waals surface area contributed by atoms with Crippen LogP contribution in [0, 0.1) is 0 Å². The molecule has 0 saturated carbocycles. The van der Waals surface area contributed by atoms with Gasteiger partial charge >= 0.3 is 18.0 Å². The Morgan fingerprint density at radius 1 is 1.24 bits per heavy atom. The van der Waals surface area contributed by atoms with Crippen LogP contribution in [0.3, 0.4) is 0 Å². The predicted molar refractivity (Wildman–Crippen MR) is 72.4 cm³/mol. The highest BCUT2D eigenvalue weighted by Crippen LogP contribution is 2.03. The first kappa shape index (κ1) is 16.5. The molecule has 2 N–H and O–H groups in total. The first-order valence-electron chi connectivity index (χ1n) is 6.27. The zero-order chi connectivity index (χ0) is 15.8. The summed E-state index contributed by atoms with van der Waals surface area (Å²) in [5.74, 6) is -1.95. The molecule has 7 heteroatoms. The van der Waals surface area contributed by atoms with Crippen molar-refractivity contribution in [1.82, 2.24) is 5.32 Å². The molecule has 114 valence electrons. The number of hydrogen-bond donors (Lipinski definition) is 2. The van der Waals surface area contributed by atoms with Crippen molar-refractivity contribution >= 4 is 18.0 Å². The van der Waals surface area contributed by atoms with Crippen molar-refractivity contribution in [3.63, 3.8) is 0 Å². The lowest BCUT2D eigenvalue weighted by Gasteiger charge is -2.20. The lowest BCUT2D eigenvalue weighted by atomic mass is 10.2. The van der Waals surface area contributed by atoms with Gasteiger partial charge in [0.25, 0.3) is 0 Å². The van der Waals surface area contributed by atoms with Crippen molar-refractivity contribution in [2.24, 2.45) is 0 Å². The Balaban J connectivity index is 2.52. The molecule has 1 rings (SSSR count). The van der Waals surface area contributed by atoms with E-state index in [2.05, 4.69) is 5.32 Å². The number of ether oxygens (including phenoxy) is 2. The van der Waals surface area contributed by atoms with Crippen LogP contribution in [0.2, 0.25) is 0 Å². The van der Waals surface area contributed by atoms with Gasteiger partial charge in [-0.15, -0.1) is 0 Å². The molecule has 0 aliphatic rings. The highest BCUT2D eigenvalue weighted by Gasteiger charge is 2.29. The van der Waals surface area contributed by atoms with E-state index in [0.717, 1.165) is 12.5 Å². The van der Waals surface area contributed by atoms with Crippen LogP contribution in [-0.2, 0) is 25.7 Å². The third-order valence-corrected chi connectivity index (χ3v) is 2.57. The van der Waals surface area contributed by atoms with Gasteiger partial charge in [-0.05, 0) is 12.5 Å². The molecule has 0 radical (unpaired) electrons. The van der Waals surface area contributed by atoms with Crippen LogP contribution in [-0.4, -0.2) is 35.3 Å². The maximum absolute atomic E-state index is 11.6. The van der Waals surface area contributed by atoms with Crippen molar-refractivity contribution in [2.75, 3.05) is 0 Å². The third kappa shape index (κ3) is 5.94. The highest BCUT2D eigenvalue weighted by molar-refractivity contribution is 5.81. The van der Waals surface area contributed by atoms with Gasteiger partial charge in [-0.2, -0.15) is 0 Å². The van der Waals surface area contributed by atoms with E-state index in [9.17, 15) is 14.4 Å². The smallest absolute Gasteiger partial charge is 0.408 e. The van der Waals surface area contributed by atoms with Crippen molar-refractivity contribution in [1.29, 1.82) is 0 Å². The Bertz CT molecular complexity index is 501. The quantitative estimate of drug-likeness (QED) is 0.767. The average molecular weight is 295 g/mol. The highest BCUT2D eigenvalue weighted by atomic mass is 16.6. The normalized spacial score (nSPS) is 12.9. The molecule has 0 aromatic heterocycles. The number of benzene rings is 1. The summed E-state index contributed by atoms with van der Waals surface area (Å²) < 4.78 is 9.66. The zero-order valence-electron chi connectivity index (χ0n) is 11.7. The van der Waals surface area contributed by atoms with Crippen molar-refractivity contribution in [3.8, 4) is 0 Å². The molecule has 0 fully saturated rings. The first-order chi connectivity index (χ1) is 9.90. The van der Waals surface area contributed by atoms with E-state index in [-0.39, 0.29) is 6.61 Å². The topological polar surface area (TPSA) is 102 Å². The number of nitrogens with one attached hydrogen (secondary N) is 1. The second-order valence-electron chi connectivity index (χ2n) is 4.34. The summed E-state index contributed by atoms with van der Waals surface area (Å²) in [7, 11) is 0. The number of carboxylic acids is 1. The van der Waals surface area contributed by atoms with Crippen LogP contribution in [0.5, 0.6) is 0 Å². The van der Waals surface area contributed by atoms with E-state index in [1.807, 2.05) is 6.07 Å². The van der Waals surface area contributed by atoms with E-state index >= 15 is 0 Å². The predicted octanol–water partition coefficient (Wildman–Crippen LogP) is 1.32.